The van der Waals surface area contributed by atoms with Gasteiger partial charge >= 0.3 is 6.03 Å². The van der Waals surface area contributed by atoms with Gasteiger partial charge in [0.25, 0.3) is 0 Å². The largest absolute Gasteiger partial charge is 0.386 e. The summed E-state index contributed by atoms with van der Waals surface area (Å²) < 4.78 is 13.5. The first kappa shape index (κ1) is 16.5. The zero-order valence-corrected chi connectivity index (χ0v) is 12.8. The van der Waals surface area contributed by atoms with Gasteiger partial charge in [-0.25, -0.2) is 9.18 Å². The Morgan fingerprint density at radius 2 is 1.82 bits per heavy atom. The number of hydrogen-bond acceptors (Lipinski definition) is 2. The lowest BCUT2D eigenvalue weighted by molar-refractivity contribution is 0.170. The SMILES string of the molecule is O=C(NC[C@H](O)c1ccccc1F)Nc1cc(Cl)cc(Cl)c1. The average Bonchev–Trinajstić information content (AvgIpc) is 2.44. The summed E-state index contributed by atoms with van der Waals surface area (Å²) in [7, 11) is 0. The predicted octanol–water partition coefficient (Wildman–Crippen LogP) is 3.99. The van der Waals surface area contributed by atoms with Gasteiger partial charge in [-0.3, -0.25) is 0 Å². The standard InChI is InChI=1S/C15H13Cl2FN2O2/c16-9-5-10(17)7-11(6-9)20-15(22)19-8-14(21)12-3-1-2-4-13(12)18/h1-7,14,21H,8H2,(H2,19,20,22)/t14-/m0/s1. The number of anilines is 1. The molecule has 0 unspecified atom stereocenters. The number of aliphatic hydroxyl groups excluding tert-OH is 1. The second-order valence-corrected chi connectivity index (χ2v) is 5.40. The van der Waals surface area contributed by atoms with Crippen LogP contribution in [0.15, 0.2) is 42.5 Å². The van der Waals surface area contributed by atoms with Gasteiger partial charge in [-0.15, -0.1) is 0 Å². The van der Waals surface area contributed by atoms with Crippen LogP contribution in [-0.2, 0) is 0 Å². The lowest BCUT2D eigenvalue weighted by Gasteiger charge is -2.13. The number of nitrogens with one attached hydrogen (secondary N) is 2. The van der Waals surface area contributed by atoms with Gasteiger partial charge < -0.3 is 15.7 Å². The van der Waals surface area contributed by atoms with Gasteiger partial charge in [0, 0.05) is 27.8 Å². The number of urea groups is 1. The minimum absolute atomic E-state index is 0.119. The molecule has 2 rings (SSSR count). The normalized spacial score (nSPS) is 11.8. The summed E-state index contributed by atoms with van der Waals surface area (Å²) in [5.41, 5.74) is 0.531. The van der Waals surface area contributed by atoms with Crippen LogP contribution < -0.4 is 10.6 Å². The van der Waals surface area contributed by atoms with E-state index in [0.717, 1.165) is 0 Å². The number of hydrogen-bond donors (Lipinski definition) is 3. The van der Waals surface area contributed by atoms with Crippen LogP contribution in [0.3, 0.4) is 0 Å². The van der Waals surface area contributed by atoms with Crippen LogP contribution in [0.2, 0.25) is 10.0 Å². The van der Waals surface area contributed by atoms with Crippen molar-refractivity contribution in [2.45, 2.75) is 6.10 Å². The molecule has 0 aliphatic heterocycles. The van der Waals surface area contributed by atoms with E-state index in [1.807, 2.05) is 0 Å². The second kappa shape index (κ2) is 7.45. The Hall–Kier alpha value is -1.82. The minimum atomic E-state index is -1.14. The summed E-state index contributed by atoms with van der Waals surface area (Å²) in [5.74, 6) is -0.529. The fourth-order valence-corrected chi connectivity index (χ4v) is 2.37. The number of rotatable bonds is 4. The van der Waals surface area contributed by atoms with E-state index in [1.165, 1.54) is 36.4 Å². The van der Waals surface area contributed by atoms with Crippen LogP contribution in [0.25, 0.3) is 0 Å². The van der Waals surface area contributed by atoms with Crippen molar-refractivity contribution < 1.29 is 14.3 Å². The average molecular weight is 343 g/mol. The predicted molar refractivity (Wildman–Crippen MR) is 84.8 cm³/mol. The Morgan fingerprint density at radius 1 is 1.18 bits per heavy atom. The van der Waals surface area contributed by atoms with E-state index in [0.29, 0.717) is 15.7 Å². The van der Waals surface area contributed by atoms with E-state index < -0.39 is 18.0 Å². The quantitative estimate of drug-likeness (QED) is 0.786. The van der Waals surface area contributed by atoms with Crippen LogP contribution in [0.1, 0.15) is 11.7 Å². The molecule has 22 heavy (non-hydrogen) atoms. The Morgan fingerprint density at radius 3 is 2.45 bits per heavy atom. The maximum Gasteiger partial charge on any atom is 0.319 e. The highest BCUT2D eigenvalue weighted by Gasteiger charge is 2.13. The molecule has 2 aromatic rings. The topological polar surface area (TPSA) is 61.4 Å². The highest BCUT2D eigenvalue weighted by atomic mass is 35.5. The van der Waals surface area contributed by atoms with Crippen LogP contribution in [0, 0.1) is 5.82 Å². The van der Waals surface area contributed by atoms with E-state index in [1.54, 1.807) is 6.07 Å². The molecule has 7 heteroatoms. The van der Waals surface area contributed by atoms with E-state index in [2.05, 4.69) is 10.6 Å². The van der Waals surface area contributed by atoms with Gasteiger partial charge in [-0.05, 0) is 24.3 Å². The molecule has 1 atom stereocenters. The molecule has 2 aromatic carbocycles. The highest BCUT2D eigenvalue weighted by molar-refractivity contribution is 6.35. The Labute approximate surface area is 136 Å². The molecular weight excluding hydrogens is 330 g/mol. The first-order valence-electron chi connectivity index (χ1n) is 6.39. The highest BCUT2D eigenvalue weighted by Crippen LogP contribution is 2.22. The molecule has 3 N–H and O–H groups in total. The van der Waals surface area contributed by atoms with Gasteiger partial charge in [-0.2, -0.15) is 0 Å². The summed E-state index contributed by atoms with van der Waals surface area (Å²) in [6.45, 7) is -0.138. The van der Waals surface area contributed by atoms with E-state index in [9.17, 15) is 14.3 Å². The lowest BCUT2D eigenvalue weighted by Crippen LogP contribution is -2.32. The third-order valence-corrected chi connectivity index (χ3v) is 3.28. The first-order chi connectivity index (χ1) is 10.5. The third kappa shape index (κ3) is 4.59. The summed E-state index contributed by atoms with van der Waals surface area (Å²) in [6.07, 6.45) is -1.14. The van der Waals surface area contributed by atoms with Gasteiger partial charge in [-0.1, -0.05) is 41.4 Å². The third-order valence-electron chi connectivity index (χ3n) is 2.84. The van der Waals surface area contributed by atoms with Crippen molar-refractivity contribution in [1.29, 1.82) is 0 Å². The zero-order chi connectivity index (χ0) is 16.1. The summed E-state index contributed by atoms with van der Waals surface area (Å²) in [4.78, 5) is 11.7. The molecule has 0 radical (unpaired) electrons. The molecule has 0 fully saturated rings. The van der Waals surface area contributed by atoms with Crippen LogP contribution >= 0.6 is 23.2 Å². The fraction of sp³-hybridized carbons (Fsp3) is 0.133. The van der Waals surface area contributed by atoms with Crippen molar-refractivity contribution in [3.05, 3.63) is 63.9 Å². The number of amides is 2. The van der Waals surface area contributed by atoms with E-state index in [4.69, 9.17) is 23.2 Å². The maximum absolute atomic E-state index is 13.5. The molecule has 0 aromatic heterocycles. The lowest BCUT2D eigenvalue weighted by atomic mass is 10.1. The summed E-state index contributed by atoms with van der Waals surface area (Å²) >= 11 is 11.6. The number of carbonyl (C=O) groups is 1. The Kier molecular flexibility index (Phi) is 5.60. The summed E-state index contributed by atoms with van der Waals surface area (Å²) in [5, 5.41) is 15.6. The molecule has 4 nitrogen and oxygen atoms in total. The second-order valence-electron chi connectivity index (χ2n) is 4.53. The molecule has 116 valence electrons. The van der Waals surface area contributed by atoms with Gasteiger partial charge in [0.2, 0.25) is 0 Å². The molecule has 0 heterocycles. The molecule has 0 saturated heterocycles. The molecule has 0 saturated carbocycles. The monoisotopic (exact) mass is 342 g/mol. The van der Waals surface area contributed by atoms with Crippen molar-refractivity contribution in [2.75, 3.05) is 11.9 Å². The Balaban J connectivity index is 1.91. The van der Waals surface area contributed by atoms with E-state index in [-0.39, 0.29) is 12.1 Å². The van der Waals surface area contributed by atoms with Crippen molar-refractivity contribution in [3.63, 3.8) is 0 Å². The van der Waals surface area contributed by atoms with Crippen molar-refractivity contribution >= 4 is 34.9 Å². The van der Waals surface area contributed by atoms with E-state index >= 15 is 0 Å². The van der Waals surface area contributed by atoms with Crippen LogP contribution in [0.4, 0.5) is 14.9 Å². The first-order valence-corrected chi connectivity index (χ1v) is 7.15. The smallest absolute Gasteiger partial charge is 0.319 e. The number of carbonyl (C=O) groups excluding carboxylic acids is 1. The molecule has 0 bridgehead atoms. The molecule has 0 aliphatic rings. The molecule has 0 aliphatic carbocycles. The van der Waals surface area contributed by atoms with Crippen molar-refractivity contribution in [3.8, 4) is 0 Å². The Bertz CT molecular complexity index is 662. The van der Waals surface area contributed by atoms with Crippen molar-refractivity contribution in [2.24, 2.45) is 0 Å². The number of halogens is 3. The molecule has 0 spiro atoms. The maximum atomic E-state index is 13.5. The van der Waals surface area contributed by atoms with Crippen molar-refractivity contribution in [1.82, 2.24) is 5.32 Å². The van der Waals surface area contributed by atoms with Gasteiger partial charge in [0.1, 0.15) is 5.82 Å². The number of benzene rings is 2. The zero-order valence-electron chi connectivity index (χ0n) is 11.3. The van der Waals surface area contributed by atoms with Gasteiger partial charge in [0.05, 0.1) is 6.10 Å². The van der Waals surface area contributed by atoms with Gasteiger partial charge in [0.15, 0.2) is 0 Å². The molecular formula is C15H13Cl2FN2O2. The van der Waals surface area contributed by atoms with Crippen LogP contribution in [0.5, 0.6) is 0 Å². The van der Waals surface area contributed by atoms with Crippen LogP contribution in [-0.4, -0.2) is 17.7 Å². The fourth-order valence-electron chi connectivity index (χ4n) is 1.85. The number of aliphatic hydroxyl groups is 1. The summed E-state index contributed by atoms with van der Waals surface area (Å²) in [6, 6.07) is 9.86. The minimum Gasteiger partial charge on any atom is -0.386 e. The molecule has 2 amide bonds.